The third kappa shape index (κ3) is 16.2. The molecular weight excluding hydrogens is 231 g/mol. The topological polar surface area (TPSA) is 0 Å². The molecular formula is C3H12Pt. The van der Waals surface area contributed by atoms with Crippen LogP contribution >= 0.6 is 0 Å². The molecule has 0 aliphatic heterocycles. The van der Waals surface area contributed by atoms with E-state index < -0.39 is 0 Å². The monoisotopic (exact) mass is 243 g/mol. The van der Waals surface area contributed by atoms with E-state index in [4.69, 9.17) is 0 Å². The van der Waals surface area contributed by atoms with Crippen LogP contribution in [0, 0.1) is 0 Å². The molecule has 0 radical (unpaired) electrons. The Kier molecular flexibility index (Phi) is 1890. The van der Waals surface area contributed by atoms with Gasteiger partial charge in [0.2, 0.25) is 0 Å². The number of rotatable bonds is 0. The van der Waals surface area contributed by atoms with Crippen LogP contribution in [0.25, 0.3) is 0 Å². The van der Waals surface area contributed by atoms with Crippen LogP contribution in [-0.2, 0) is 21.1 Å². The van der Waals surface area contributed by atoms with Gasteiger partial charge in [0.25, 0.3) is 0 Å². The summed E-state index contributed by atoms with van der Waals surface area (Å²) in [5, 5.41) is 0. The zero-order valence-electron chi connectivity index (χ0n) is 0.316. The molecule has 34 valence electrons. The summed E-state index contributed by atoms with van der Waals surface area (Å²) in [5.41, 5.74) is 0. The van der Waals surface area contributed by atoms with E-state index >= 15 is 0 Å². The van der Waals surface area contributed by atoms with Gasteiger partial charge in [-0.15, -0.1) is 0 Å². The van der Waals surface area contributed by atoms with Gasteiger partial charge in [-0.2, -0.15) is 0 Å². The maximum atomic E-state index is 0. The maximum absolute atomic E-state index is 0. The third-order valence-electron chi connectivity index (χ3n) is 0. The SMILES string of the molecule is C.C.C.[Pt]. The van der Waals surface area contributed by atoms with E-state index in [9.17, 15) is 0 Å². The van der Waals surface area contributed by atoms with Crippen molar-refractivity contribution in [3.8, 4) is 0 Å². The average molecular weight is 243 g/mol. The summed E-state index contributed by atoms with van der Waals surface area (Å²) in [7, 11) is 0. The molecule has 0 saturated carbocycles. The van der Waals surface area contributed by atoms with Gasteiger partial charge in [0.15, 0.2) is 0 Å². The van der Waals surface area contributed by atoms with Crippen molar-refractivity contribution in [3.63, 3.8) is 0 Å². The summed E-state index contributed by atoms with van der Waals surface area (Å²) >= 11 is 0. The van der Waals surface area contributed by atoms with E-state index in [1.807, 2.05) is 0 Å². The third-order valence-corrected chi connectivity index (χ3v) is 0. The fourth-order valence-electron chi connectivity index (χ4n) is 0. The Morgan fingerprint density at radius 1 is 0.500 bits per heavy atom. The Hall–Kier alpha value is 0.688. The molecule has 0 aliphatic rings. The minimum Gasteiger partial charge on any atom is -0.0776 e. The Bertz CT molecular complexity index is 3.25. The summed E-state index contributed by atoms with van der Waals surface area (Å²) < 4.78 is 0. The average Bonchev–Trinajstić information content (AvgIpc) is 0. The molecule has 0 N–H and O–H groups in total. The van der Waals surface area contributed by atoms with Crippen molar-refractivity contribution in [3.05, 3.63) is 0 Å². The summed E-state index contributed by atoms with van der Waals surface area (Å²) in [4.78, 5) is 0. The van der Waals surface area contributed by atoms with Crippen molar-refractivity contribution in [2.24, 2.45) is 0 Å². The molecule has 0 spiro atoms. The summed E-state index contributed by atoms with van der Waals surface area (Å²) in [6, 6.07) is 0. The Balaban J connectivity index is 0. The van der Waals surface area contributed by atoms with Crippen molar-refractivity contribution < 1.29 is 21.1 Å². The van der Waals surface area contributed by atoms with Gasteiger partial charge in [0, 0.05) is 21.1 Å². The second-order valence-electron chi connectivity index (χ2n) is 0. The first-order valence-electron chi connectivity index (χ1n) is 0. The van der Waals surface area contributed by atoms with Crippen LogP contribution in [0.4, 0.5) is 0 Å². The van der Waals surface area contributed by atoms with Crippen LogP contribution < -0.4 is 0 Å². The standard InChI is InChI=1S/3CH4.Pt/h3*1H4;. The Morgan fingerprint density at radius 2 is 0.500 bits per heavy atom. The second kappa shape index (κ2) is 56.3. The van der Waals surface area contributed by atoms with Gasteiger partial charge in [0.1, 0.15) is 0 Å². The van der Waals surface area contributed by atoms with E-state index in [2.05, 4.69) is 0 Å². The Labute approximate surface area is 43.9 Å². The molecule has 0 aromatic carbocycles. The molecule has 0 unspecified atom stereocenters. The van der Waals surface area contributed by atoms with Crippen molar-refractivity contribution >= 4 is 0 Å². The molecule has 0 saturated heterocycles. The molecule has 0 fully saturated rings. The zero-order chi connectivity index (χ0) is 0. The van der Waals surface area contributed by atoms with E-state index in [1.54, 1.807) is 0 Å². The van der Waals surface area contributed by atoms with Crippen LogP contribution in [0.5, 0.6) is 0 Å². The molecule has 0 nitrogen and oxygen atoms in total. The molecule has 4 heavy (non-hydrogen) atoms. The quantitative estimate of drug-likeness (QED) is 0.609. The molecule has 0 heterocycles. The van der Waals surface area contributed by atoms with E-state index in [1.165, 1.54) is 0 Å². The van der Waals surface area contributed by atoms with Gasteiger partial charge in [-0.3, -0.25) is 0 Å². The van der Waals surface area contributed by atoms with Gasteiger partial charge in [-0.1, -0.05) is 22.3 Å². The van der Waals surface area contributed by atoms with E-state index in [0.717, 1.165) is 0 Å². The fourth-order valence-corrected chi connectivity index (χ4v) is 0. The van der Waals surface area contributed by atoms with Crippen LogP contribution in [-0.4, -0.2) is 0 Å². The van der Waals surface area contributed by atoms with Gasteiger partial charge in [-0.25, -0.2) is 0 Å². The molecule has 1 heteroatoms. The molecule has 0 aliphatic carbocycles. The van der Waals surface area contributed by atoms with E-state index in [0.29, 0.717) is 0 Å². The largest absolute Gasteiger partial charge is 0.0776 e. The molecule has 0 atom stereocenters. The first-order valence-corrected chi connectivity index (χ1v) is 0. The number of hydrogen-bond acceptors (Lipinski definition) is 0. The fraction of sp³-hybridized carbons (Fsp3) is 1.00. The summed E-state index contributed by atoms with van der Waals surface area (Å²) in [5.74, 6) is 0. The van der Waals surface area contributed by atoms with Gasteiger partial charge in [-0.05, 0) is 0 Å². The summed E-state index contributed by atoms with van der Waals surface area (Å²) in [6.07, 6.45) is 0. The van der Waals surface area contributed by atoms with Crippen molar-refractivity contribution in [1.82, 2.24) is 0 Å². The smallest absolute Gasteiger partial charge is 0 e. The predicted molar refractivity (Wildman–Crippen MR) is 20.2 cm³/mol. The maximum Gasteiger partial charge on any atom is 0 e. The van der Waals surface area contributed by atoms with Crippen molar-refractivity contribution in [2.45, 2.75) is 22.3 Å². The Morgan fingerprint density at radius 3 is 0.500 bits per heavy atom. The van der Waals surface area contributed by atoms with Crippen molar-refractivity contribution in [1.29, 1.82) is 0 Å². The van der Waals surface area contributed by atoms with Crippen LogP contribution in [0.1, 0.15) is 22.3 Å². The normalized spacial score (nSPS) is 0. The van der Waals surface area contributed by atoms with E-state index in [-0.39, 0.29) is 43.3 Å². The summed E-state index contributed by atoms with van der Waals surface area (Å²) in [6.45, 7) is 0. The first kappa shape index (κ1) is 135. The van der Waals surface area contributed by atoms with Gasteiger partial charge < -0.3 is 0 Å². The molecule has 0 aromatic heterocycles. The predicted octanol–water partition coefficient (Wildman–Crippen LogP) is 1.91. The van der Waals surface area contributed by atoms with Gasteiger partial charge >= 0.3 is 0 Å². The van der Waals surface area contributed by atoms with Crippen molar-refractivity contribution in [2.75, 3.05) is 0 Å². The van der Waals surface area contributed by atoms with Gasteiger partial charge in [0.05, 0.1) is 0 Å². The van der Waals surface area contributed by atoms with Crippen LogP contribution in [0.3, 0.4) is 0 Å². The molecule has 0 amide bonds. The molecule has 0 aromatic rings. The first-order chi connectivity index (χ1) is 0. The number of hydrogen-bond donors (Lipinski definition) is 0. The minimum absolute atomic E-state index is 0. The minimum atomic E-state index is 0. The molecule has 0 bridgehead atoms. The van der Waals surface area contributed by atoms with Crippen LogP contribution in [0.2, 0.25) is 0 Å². The zero-order valence-corrected chi connectivity index (χ0v) is 2.59. The second-order valence-corrected chi connectivity index (χ2v) is 0. The molecule has 0 rings (SSSR count). The van der Waals surface area contributed by atoms with Crippen LogP contribution in [0.15, 0.2) is 0 Å².